The Labute approximate surface area is 341 Å². The number of aromatic nitrogens is 1. The molecule has 59 heavy (non-hydrogen) atoms. The van der Waals surface area contributed by atoms with Gasteiger partial charge in [-0.1, -0.05) is 152 Å². The predicted octanol–water partition coefficient (Wildman–Crippen LogP) is 15.8. The molecule has 3 nitrogen and oxygen atoms in total. The topological polar surface area (TPSA) is 21.3 Å². The van der Waals surface area contributed by atoms with Crippen LogP contribution in [0.25, 0.3) is 93.2 Å². The predicted molar refractivity (Wildman–Crippen MR) is 249 cm³/mol. The molecule has 0 amide bonds. The van der Waals surface area contributed by atoms with Crippen LogP contribution in [0.15, 0.2) is 223 Å². The largest absolute Gasteiger partial charge is 0.455 e. The van der Waals surface area contributed by atoms with Crippen molar-refractivity contribution in [3.05, 3.63) is 218 Å². The molecule has 0 N–H and O–H groups in total. The Bertz CT molecular complexity index is 3500. The molecule has 0 saturated heterocycles. The van der Waals surface area contributed by atoms with Crippen LogP contribution in [0.1, 0.15) is 0 Å². The van der Waals surface area contributed by atoms with Gasteiger partial charge in [-0.25, -0.2) is 0 Å². The Kier molecular flexibility index (Phi) is 7.54. The summed E-state index contributed by atoms with van der Waals surface area (Å²) in [7, 11) is 0. The number of benzene rings is 10. The average molecular weight is 753 g/mol. The van der Waals surface area contributed by atoms with Crippen molar-refractivity contribution in [2.24, 2.45) is 0 Å². The third kappa shape index (κ3) is 5.36. The van der Waals surface area contributed by atoms with Gasteiger partial charge in [0, 0.05) is 49.9 Å². The minimum absolute atomic E-state index is 0.875. The van der Waals surface area contributed by atoms with Crippen molar-refractivity contribution in [1.29, 1.82) is 0 Å². The molecule has 0 aliphatic rings. The van der Waals surface area contributed by atoms with E-state index in [2.05, 4.69) is 222 Å². The lowest BCUT2D eigenvalue weighted by Gasteiger charge is -2.27. The zero-order chi connectivity index (χ0) is 38.9. The molecule has 0 spiro atoms. The van der Waals surface area contributed by atoms with Crippen molar-refractivity contribution in [2.75, 3.05) is 4.90 Å². The van der Waals surface area contributed by atoms with Crippen LogP contribution in [0.3, 0.4) is 0 Å². The van der Waals surface area contributed by atoms with E-state index < -0.39 is 0 Å². The van der Waals surface area contributed by atoms with Gasteiger partial charge >= 0.3 is 0 Å². The number of fused-ring (bicyclic) bond motifs is 9. The number of hydrogen-bond acceptors (Lipinski definition) is 2. The van der Waals surface area contributed by atoms with Crippen LogP contribution in [0.2, 0.25) is 0 Å². The molecular weight excluding hydrogens is 717 g/mol. The van der Waals surface area contributed by atoms with Gasteiger partial charge in [-0.3, -0.25) is 0 Å². The summed E-state index contributed by atoms with van der Waals surface area (Å²) in [6.45, 7) is 0. The molecule has 0 fully saturated rings. The SMILES string of the molecule is c1ccc(N(c2cccc(-c3cccc4c3ccc3ccccc34)c2)c2cc(-c3ccc(-n4c5ccccc5c5ccccc54)cc3)c3oc4ccccc4c3c2)cc1. The second-order valence-electron chi connectivity index (χ2n) is 15.3. The summed E-state index contributed by atoms with van der Waals surface area (Å²) in [6.07, 6.45) is 0. The first-order valence-corrected chi connectivity index (χ1v) is 20.2. The molecule has 2 heterocycles. The van der Waals surface area contributed by atoms with Gasteiger partial charge < -0.3 is 13.9 Å². The summed E-state index contributed by atoms with van der Waals surface area (Å²) in [5.74, 6) is 0. The monoisotopic (exact) mass is 752 g/mol. The second kappa shape index (κ2) is 13.4. The molecule has 0 aliphatic carbocycles. The van der Waals surface area contributed by atoms with E-state index in [0.717, 1.165) is 55.8 Å². The van der Waals surface area contributed by atoms with E-state index in [1.807, 2.05) is 6.07 Å². The molecule has 0 unspecified atom stereocenters. The van der Waals surface area contributed by atoms with E-state index >= 15 is 0 Å². The fraction of sp³-hybridized carbons (Fsp3) is 0. The molecule has 276 valence electrons. The summed E-state index contributed by atoms with van der Waals surface area (Å²) in [5, 5.41) is 9.70. The van der Waals surface area contributed by atoms with Crippen molar-refractivity contribution >= 4 is 82.4 Å². The molecule has 0 bridgehead atoms. The van der Waals surface area contributed by atoms with Crippen LogP contribution in [0.4, 0.5) is 17.1 Å². The van der Waals surface area contributed by atoms with E-state index in [1.54, 1.807) is 0 Å². The zero-order valence-corrected chi connectivity index (χ0v) is 32.1. The van der Waals surface area contributed by atoms with Gasteiger partial charge in [-0.05, 0) is 105 Å². The molecular formula is C56H36N2O. The van der Waals surface area contributed by atoms with Crippen molar-refractivity contribution in [1.82, 2.24) is 4.57 Å². The number of anilines is 3. The lowest BCUT2D eigenvalue weighted by atomic mass is 9.94. The number of nitrogens with zero attached hydrogens (tertiary/aromatic N) is 2. The highest BCUT2D eigenvalue weighted by Gasteiger charge is 2.21. The maximum absolute atomic E-state index is 6.73. The molecule has 12 rings (SSSR count). The zero-order valence-electron chi connectivity index (χ0n) is 32.1. The fourth-order valence-electron chi connectivity index (χ4n) is 9.27. The van der Waals surface area contributed by atoms with Gasteiger partial charge in [-0.2, -0.15) is 0 Å². The van der Waals surface area contributed by atoms with E-state index in [0.29, 0.717) is 0 Å². The van der Waals surface area contributed by atoms with E-state index in [4.69, 9.17) is 4.42 Å². The fourth-order valence-corrected chi connectivity index (χ4v) is 9.27. The van der Waals surface area contributed by atoms with E-state index in [1.165, 1.54) is 54.5 Å². The first-order chi connectivity index (χ1) is 29.3. The quantitative estimate of drug-likeness (QED) is 0.158. The molecule has 0 radical (unpaired) electrons. The first kappa shape index (κ1) is 33.3. The summed E-state index contributed by atoms with van der Waals surface area (Å²) in [5.41, 5.74) is 13.0. The Hall–Kier alpha value is -7.88. The van der Waals surface area contributed by atoms with Crippen LogP contribution >= 0.6 is 0 Å². The van der Waals surface area contributed by atoms with E-state index in [9.17, 15) is 0 Å². The van der Waals surface area contributed by atoms with Gasteiger partial charge in [0.15, 0.2) is 0 Å². The van der Waals surface area contributed by atoms with Crippen molar-refractivity contribution in [2.45, 2.75) is 0 Å². The minimum atomic E-state index is 0.875. The third-order valence-corrected chi connectivity index (χ3v) is 12.0. The molecule has 2 aromatic heterocycles. The van der Waals surface area contributed by atoms with Gasteiger partial charge in [0.25, 0.3) is 0 Å². The van der Waals surface area contributed by atoms with Gasteiger partial charge in [0.2, 0.25) is 0 Å². The van der Waals surface area contributed by atoms with Crippen LogP contribution in [0, 0.1) is 0 Å². The minimum Gasteiger partial charge on any atom is -0.455 e. The Morgan fingerprint density at radius 2 is 0.983 bits per heavy atom. The Balaban J connectivity index is 1.04. The van der Waals surface area contributed by atoms with Crippen molar-refractivity contribution in [3.63, 3.8) is 0 Å². The average Bonchev–Trinajstić information content (AvgIpc) is 3.85. The lowest BCUT2D eigenvalue weighted by molar-refractivity contribution is 0.670. The molecule has 0 aliphatic heterocycles. The van der Waals surface area contributed by atoms with Gasteiger partial charge in [0.05, 0.1) is 11.0 Å². The van der Waals surface area contributed by atoms with Crippen molar-refractivity contribution in [3.8, 4) is 27.9 Å². The van der Waals surface area contributed by atoms with Gasteiger partial charge in [-0.15, -0.1) is 0 Å². The normalized spacial score (nSPS) is 11.7. The van der Waals surface area contributed by atoms with Crippen molar-refractivity contribution < 1.29 is 4.42 Å². The second-order valence-corrected chi connectivity index (χ2v) is 15.3. The van der Waals surface area contributed by atoms with Crippen LogP contribution in [0.5, 0.6) is 0 Å². The summed E-state index contributed by atoms with van der Waals surface area (Å²) in [4.78, 5) is 2.38. The summed E-state index contributed by atoms with van der Waals surface area (Å²) >= 11 is 0. The number of para-hydroxylation sites is 4. The smallest absolute Gasteiger partial charge is 0.143 e. The Morgan fingerprint density at radius 3 is 1.78 bits per heavy atom. The molecule has 0 saturated carbocycles. The lowest BCUT2D eigenvalue weighted by Crippen LogP contribution is -2.10. The third-order valence-electron chi connectivity index (χ3n) is 12.0. The standard InChI is InChI=1S/C56H36N2O/c1-2-16-40(17-3-1)57(42-18-12-15-39(34-42)45-23-13-24-46-44-19-5-4-14-37(44)30-33-47(45)46)43-35-51(56-52(36-43)50-22-8-11-27-55(50)59-56)38-28-31-41(32-29-38)58-53-25-9-6-20-48(53)49-21-7-10-26-54(49)58/h1-36H. The summed E-state index contributed by atoms with van der Waals surface area (Å²) < 4.78 is 9.09. The highest BCUT2D eigenvalue weighted by atomic mass is 16.3. The summed E-state index contributed by atoms with van der Waals surface area (Å²) in [6, 6.07) is 78.7. The van der Waals surface area contributed by atoms with Gasteiger partial charge in [0.1, 0.15) is 11.2 Å². The highest BCUT2D eigenvalue weighted by Crippen LogP contribution is 2.45. The number of rotatable bonds is 6. The maximum Gasteiger partial charge on any atom is 0.143 e. The molecule has 10 aromatic carbocycles. The number of furan rings is 1. The van der Waals surface area contributed by atoms with Crippen LogP contribution < -0.4 is 4.90 Å². The van der Waals surface area contributed by atoms with Crippen LogP contribution in [-0.2, 0) is 0 Å². The highest BCUT2D eigenvalue weighted by molar-refractivity contribution is 6.14. The molecule has 3 heteroatoms. The first-order valence-electron chi connectivity index (χ1n) is 20.2. The number of hydrogen-bond donors (Lipinski definition) is 0. The maximum atomic E-state index is 6.73. The molecule has 12 aromatic rings. The van der Waals surface area contributed by atoms with Crippen LogP contribution in [-0.4, -0.2) is 4.57 Å². The van der Waals surface area contributed by atoms with E-state index in [-0.39, 0.29) is 0 Å². The Morgan fingerprint density at radius 1 is 0.339 bits per heavy atom. The molecule has 0 atom stereocenters.